The highest BCUT2D eigenvalue weighted by Crippen LogP contribution is 2.37. The first kappa shape index (κ1) is 15.2. The van der Waals surface area contributed by atoms with Gasteiger partial charge < -0.3 is 14.2 Å². The average Bonchev–Trinajstić information content (AvgIpc) is 2.92. The van der Waals surface area contributed by atoms with Gasteiger partial charge in [-0.15, -0.1) is 11.3 Å². The van der Waals surface area contributed by atoms with Crippen molar-refractivity contribution in [1.29, 1.82) is 0 Å². The lowest BCUT2D eigenvalue weighted by Crippen LogP contribution is -1.98. The van der Waals surface area contributed by atoms with E-state index in [-0.39, 0.29) is 5.50 Å². The molecule has 0 unspecified atom stereocenters. The molecule has 0 aromatic carbocycles. The fourth-order valence-corrected chi connectivity index (χ4v) is 3.39. The van der Waals surface area contributed by atoms with Crippen LogP contribution in [0.3, 0.4) is 0 Å². The first-order chi connectivity index (χ1) is 9.31. The van der Waals surface area contributed by atoms with Crippen LogP contribution in [0.2, 0.25) is 0 Å². The van der Waals surface area contributed by atoms with Gasteiger partial charge in [-0.3, -0.25) is 4.57 Å². The zero-order valence-corrected chi connectivity index (χ0v) is 12.9. The Balaban J connectivity index is 2.45. The second-order valence-electron chi connectivity index (χ2n) is 4.81. The Morgan fingerprint density at radius 3 is 2.70 bits per heavy atom. The third kappa shape index (κ3) is 3.27. The predicted octanol–water partition coefficient (Wildman–Crippen LogP) is 3.05. The van der Waals surface area contributed by atoms with E-state index in [1.165, 1.54) is 17.4 Å². The van der Waals surface area contributed by atoms with Crippen LogP contribution in [0.25, 0.3) is 17.5 Å². The molecule has 0 aliphatic rings. The summed E-state index contributed by atoms with van der Waals surface area (Å²) in [5.74, 6) is 0.825. The molecule has 0 saturated heterocycles. The predicted molar refractivity (Wildman–Crippen MR) is 80.1 cm³/mol. The maximum absolute atomic E-state index is 11.2. The number of hydrogen-bond acceptors (Lipinski definition) is 4. The van der Waals surface area contributed by atoms with Crippen LogP contribution in [0.4, 0.5) is 0 Å². The third-order valence-corrected chi connectivity index (χ3v) is 4.48. The topological polar surface area (TPSA) is 83.6 Å². The smallest absolute Gasteiger partial charge is 0.391 e. The largest absolute Gasteiger partial charge is 0.446 e. The maximum atomic E-state index is 11.2. The van der Waals surface area contributed by atoms with Gasteiger partial charge in [-0.05, 0) is 30.5 Å². The molecule has 0 amide bonds. The van der Waals surface area contributed by atoms with E-state index >= 15 is 0 Å². The van der Waals surface area contributed by atoms with Crippen molar-refractivity contribution in [2.45, 2.75) is 20.3 Å². The second-order valence-corrected chi connectivity index (χ2v) is 7.45. The van der Waals surface area contributed by atoms with Crippen molar-refractivity contribution < 1.29 is 18.8 Å². The van der Waals surface area contributed by atoms with Gasteiger partial charge in [0.15, 0.2) is 5.76 Å². The molecule has 0 bridgehead atoms. The van der Waals surface area contributed by atoms with Gasteiger partial charge in [-0.2, -0.15) is 0 Å². The van der Waals surface area contributed by atoms with Gasteiger partial charge in [0, 0.05) is 4.88 Å². The molecule has 2 rings (SSSR count). The van der Waals surface area contributed by atoms with E-state index in [2.05, 4.69) is 25.4 Å². The molecular formula is C13H16NO4PS. The standard InChI is InChI=1S/C13H16NO4PS/c1-4-11-14-13(10(20-11)7-8(2)3)9-5-6-12(18-9)19(15,16)17/h4-6,8H,1,7H2,2-3H3,(H2,15,16,17). The van der Waals surface area contributed by atoms with Crippen LogP contribution in [0.1, 0.15) is 23.7 Å². The first-order valence-corrected chi connectivity index (χ1v) is 8.52. The van der Waals surface area contributed by atoms with Crippen LogP contribution in [-0.2, 0) is 11.0 Å². The highest BCUT2D eigenvalue weighted by Gasteiger charge is 2.24. The van der Waals surface area contributed by atoms with Crippen LogP contribution in [-0.4, -0.2) is 14.8 Å². The number of hydrogen-bond donors (Lipinski definition) is 2. The quantitative estimate of drug-likeness (QED) is 0.829. The van der Waals surface area contributed by atoms with Crippen molar-refractivity contribution in [3.63, 3.8) is 0 Å². The summed E-state index contributed by atoms with van der Waals surface area (Å²) in [4.78, 5) is 23.6. The summed E-state index contributed by atoms with van der Waals surface area (Å²) in [6.07, 6.45) is 2.48. The second kappa shape index (κ2) is 5.66. The van der Waals surface area contributed by atoms with E-state index in [4.69, 9.17) is 14.2 Å². The van der Waals surface area contributed by atoms with E-state index in [1.54, 1.807) is 12.1 Å². The van der Waals surface area contributed by atoms with Crippen LogP contribution >= 0.6 is 18.9 Å². The van der Waals surface area contributed by atoms with Crippen molar-refractivity contribution in [3.05, 3.63) is 28.6 Å². The molecule has 7 heteroatoms. The van der Waals surface area contributed by atoms with Gasteiger partial charge in [0.05, 0.1) is 0 Å². The molecule has 2 N–H and O–H groups in total. The summed E-state index contributed by atoms with van der Waals surface area (Å²) < 4.78 is 16.4. The molecular weight excluding hydrogens is 297 g/mol. The van der Waals surface area contributed by atoms with Gasteiger partial charge in [-0.1, -0.05) is 20.4 Å². The molecule has 2 heterocycles. The number of thiazole rings is 1. The Hall–Kier alpha value is -1.20. The zero-order valence-electron chi connectivity index (χ0n) is 11.2. The summed E-state index contributed by atoms with van der Waals surface area (Å²) in [7, 11) is -4.37. The van der Waals surface area contributed by atoms with Crippen LogP contribution in [0.5, 0.6) is 0 Å². The molecule has 0 fully saturated rings. The van der Waals surface area contributed by atoms with Gasteiger partial charge in [0.1, 0.15) is 10.7 Å². The van der Waals surface area contributed by atoms with E-state index < -0.39 is 7.60 Å². The van der Waals surface area contributed by atoms with E-state index in [9.17, 15) is 4.57 Å². The van der Waals surface area contributed by atoms with Crippen molar-refractivity contribution in [3.8, 4) is 11.5 Å². The monoisotopic (exact) mass is 313 g/mol. The lowest BCUT2D eigenvalue weighted by molar-refractivity contribution is 0.377. The van der Waals surface area contributed by atoms with Crippen molar-refractivity contribution >= 4 is 30.5 Å². The van der Waals surface area contributed by atoms with Crippen LogP contribution in [0, 0.1) is 5.92 Å². The molecule has 20 heavy (non-hydrogen) atoms. The fraction of sp³-hybridized carbons (Fsp3) is 0.308. The normalized spacial score (nSPS) is 12.1. The molecule has 108 valence electrons. The number of rotatable bonds is 5. The Labute approximate surface area is 121 Å². The summed E-state index contributed by atoms with van der Waals surface area (Å²) in [6, 6.07) is 2.84. The Bertz CT molecular complexity index is 668. The van der Waals surface area contributed by atoms with Gasteiger partial charge in [-0.25, -0.2) is 4.98 Å². The zero-order chi connectivity index (χ0) is 14.9. The van der Waals surface area contributed by atoms with Gasteiger partial charge >= 0.3 is 7.60 Å². The van der Waals surface area contributed by atoms with Crippen LogP contribution < -0.4 is 5.50 Å². The highest BCUT2D eigenvalue weighted by atomic mass is 32.1. The summed E-state index contributed by atoms with van der Waals surface area (Å²) >= 11 is 1.52. The lowest BCUT2D eigenvalue weighted by atomic mass is 10.1. The maximum Gasteiger partial charge on any atom is 0.391 e. The molecule has 5 nitrogen and oxygen atoms in total. The SMILES string of the molecule is C=Cc1nc(-c2ccc(P(=O)(O)O)o2)c(CC(C)C)s1. The molecule has 0 aliphatic heterocycles. The van der Waals surface area contributed by atoms with E-state index in [0.717, 1.165) is 16.3 Å². The Morgan fingerprint density at radius 2 is 2.20 bits per heavy atom. The molecule has 2 aromatic rings. The Kier molecular flexibility index (Phi) is 4.30. The number of nitrogens with zero attached hydrogens (tertiary/aromatic N) is 1. The molecule has 0 aliphatic carbocycles. The minimum atomic E-state index is -4.37. The lowest BCUT2D eigenvalue weighted by Gasteiger charge is -2.03. The summed E-state index contributed by atoms with van der Waals surface area (Å²) in [6.45, 7) is 7.89. The summed E-state index contributed by atoms with van der Waals surface area (Å²) in [5.41, 5.74) is 0.300. The third-order valence-electron chi connectivity index (χ3n) is 2.59. The van der Waals surface area contributed by atoms with Crippen molar-refractivity contribution in [2.75, 3.05) is 0 Å². The fourth-order valence-electron chi connectivity index (χ4n) is 1.77. The summed E-state index contributed by atoms with van der Waals surface area (Å²) in [5, 5.41) is 0.768. The van der Waals surface area contributed by atoms with E-state index in [0.29, 0.717) is 17.4 Å². The Morgan fingerprint density at radius 1 is 1.50 bits per heavy atom. The van der Waals surface area contributed by atoms with Gasteiger partial charge in [0.25, 0.3) is 0 Å². The molecule has 2 aromatic heterocycles. The molecule has 0 radical (unpaired) electrons. The minimum absolute atomic E-state index is 0.337. The van der Waals surface area contributed by atoms with Crippen molar-refractivity contribution in [2.24, 2.45) is 5.92 Å². The molecule has 0 saturated carbocycles. The number of aromatic nitrogens is 1. The molecule has 0 spiro atoms. The van der Waals surface area contributed by atoms with E-state index in [1.807, 2.05) is 0 Å². The molecule has 0 atom stereocenters. The van der Waals surface area contributed by atoms with Gasteiger partial charge in [0.2, 0.25) is 5.50 Å². The van der Waals surface area contributed by atoms with Crippen molar-refractivity contribution in [1.82, 2.24) is 4.98 Å². The first-order valence-electron chi connectivity index (χ1n) is 6.09. The highest BCUT2D eigenvalue weighted by molar-refractivity contribution is 7.59. The average molecular weight is 313 g/mol. The van der Waals surface area contributed by atoms with Crippen LogP contribution in [0.15, 0.2) is 23.1 Å². The minimum Gasteiger partial charge on any atom is -0.446 e. The number of furan rings is 1.